The van der Waals surface area contributed by atoms with Gasteiger partial charge >= 0.3 is 0 Å². The molecule has 0 spiro atoms. The van der Waals surface area contributed by atoms with Gasteiger partial charge in [0.15, 0.2) is 11.0 Å². The number of aromatic nitrogens is 3. The summed E-state index contributed by atoms with van der Waals surface area (Å²) >= 11 is 7.34. The Hall–Kier alpha value is -3.29. The number of thioether (sulfide) groups is 1. The number of hydrogen-bond acceptors (Lipinski definition) is 5. The van der Waals surface area contributed by atoms with Crippen molar-refractivity contribution in [2.75, 3.05) is 16.4 Å². The molecule has 0 aliphatic carbocycles. The average molecular weight is 478 g/mol. The van der Waals surface area contributed by atoms with E-state index in [1.54, 1.807) is 0 Å². The van der Waals surface area contributed by atoms with Crippen LogP contribution in [-0.4, -0.2) is 26.4 Å². The number of para-hydroxylation sites is 2. The monoisotopic (exact) mass is 477 g/mol. The van der Waals surface area contributed by atoms with Gasteiger partial charge in [0.2, 0.25) is 5.91 Å². The van der Waals surface area contributed by atoms with E-state index in [4.69, 9.17) is 11.6 Å². The number of anilines is 2. The third-order valence-electron chi connectivity index (χ3n) is 5.01. The molecule has 33 heavy (non-hydrogen) atoms. The van der Waals surface area contributed by atoms with Crippen molar-refractivity contribution < 1.29 is 4.79 Å². The molecule has 0 aliphatic heterocycles. The molecule has 0 unspecified atom stereocenters. The zero-order chi connectivity index (χ0) is 23.0. The predicted octanol–water partition coefficient (Wildman–Crippen LogP) is 5.83. The number of hydrogen-bond donors (Lipinski definition) is 2. The largest absolute Gasteiger partial charge is 0.378 e. The maximum Gasteiger partial charge on any atom is 0.234 e. The van der Waals surface area contributed by atoms with E-state index in [1.807, 2.05) is 83.4 Å². The Bertz CT molecular complexity index is 1210. The molecule has 0 atom stereocenters. The SMILES string of the molecule is CCc1ccccc1NC(=O)CSc1nnc(CNc2ccc(Cl)cc2)n1-c1ccccc1. The van der Waals surface area contributed by atoms with Crippen molar-refractivity contribution in [3.63, 3.8) is 0 Å². The van der Waals surface area contributed by atoms with Gasteiger partial charge in [-0.2, -0.15) is 0 Å². The highest BCUT2D eigenvalue weighted by molar-refractivity contribution is 7.99. The fourth-order valence-corrected chi connectivity index (χ4v) is 4.26. The first-order valence-corrected chi connectivity index (χ1v) is 12.0. The molecule has 2 N–H and O–H groups in total. The Morgan fingerprint density at radius 3 is 2.45 bits per heavy atom. The molecule has 4 aromatic rings. The molecule has 168 valence electrons. The second kappa shape index (κ2) is 11.0. The molecule has 0 fully saturated rings. The number of carbonyl (C=O) groups is 1. The Balaban J connectivity index is 1.49. The van der Waals surface area contributed by atoms with Crippen molar-refractivity contribution >= 4 is 40.6 Å². The Kier molecular flexibility index (Phi) is 7.65. The number of rotatable bonds is 9. The second-order valence-corrected chi connectivity index (χ2v) is 8.66. The summed E-state index contributed by atoms with van der Waals surface area (Å²) in [5.74, 6) is 0.896. The van der Waals surface area contributed by atoms with Crippen LogP contribution < -0.4 is 10.6 Å². The van der Waals surface area contributed by atoms with Crippen LogP contribution in [-0.2, 0) is 17.8 Å². The number of benzene rings is 3. The maximum absolute atomic E-state index is 12.6. The van der Waals surface area contributed by atoms with Gasteiger partial charge in [-0.15, -0.1) is 10.2 Å². The van der Waals surface area contributed by atoms with E-state index in [2.05, 4.69) is 27.8 Å². The van der Waals surface area contributed by atoms with Crippen LogP contribution in [0.2, 0.25) is 5.02 Å². The van der Waals surface area contributed by atoms with Gasteiger partial charge in [0.1, 0.15) is 0 Å². The highest BCUT2D eigenvalue weighted by Crippen LogP contribution is 2.24. The van der Waals surface area contributed by atoms with Crippen LogP contribution in [0.15, 0.2) is 84.0 Å². The highest BCUT2D eigenvalue weighted by atomic mass is 35.5. The van der Waals surface area contributed by atoms with Crippen molar-refractivity contribution in [1.82, 2.24) is 14.8 Å². The van der Waals surface area contributed by atoms with E-state index in [1.165, 1.54) is 11.8 Å². The summed E-state index contributed by atoms with van der Waals surface area (Å²) in [5, 5.41) is 16.5. The van der Waals surface area contributed by atoms with Crippen LogP contribution in [0.5, 0.6) is 0 Å². The van der Waals surface area contributed by atoms with Crippen LogP contribution in [0.25, 0.3) is 5.69 Å². The van der Waals surface area contributed by atoms with Crippen molar-refractivity contribution in [2.24, 2.45) is 0 Å². The molecule has 6 nitrogen and oxygen atoms in total. The lowest BCUT2D eigenvalue weighted by molar-refractivity contribution is -0.113. The van der Waals surface area contributed by atoms with E-state index in [-0.39, 0.29) is 11.7 Å². The first-order valence-electron chi connectivity index (χ1n) is 10.6. The molecular formula is C25H24ClN5OS. The summed E-state index contributed by atoms with van der Waals surface area (Å²) in [4.78, 5) is 12.6. The molecule has 1 aromatic heterocycles. The van der Waals surface area contributed by atoms with Gasteiger partial charge in [-0.3, -0.25) is 9.36 Å². The van der Waals surface area contributed by atoms with Gasteiger partial charge in [0.05, 0.1) is 12.3 Å². The maximum atomic E-state index is 12.6. The molecule has 3 aromatic carbocycles. The zero-order valence-electron chi connectivity index (χ0n) is 18.2. The van der Waals surface area contributed by atoms with Gasteiger partial charge in [-0.25, -0.2) is 0 Å². The van der Waals surface area contributed by atoms with E-state index in [0.717, 1.165) is 34.9 Å². The molecule has 0 saturated carbocycles. The molecular weight excluding hydrogens is 454 g/mol. The smallest absolute Gasteiger partial charge is 0.234 e. The van der Waals surface area contributed by atoms with Crippen molar-refractivity contribution in [3.8, 4) is 5.69 Å². The van der Waals surface area contributed by atoms with E-state index >= 15 is 0 Å². The lowest BCUT2D eigenvalue weighted by Crippen LogP contribution is -2.16. The molecule has 0 aliphatic rings. The van der Waals surface area contributed by atoms with Crippen LogP contribution in [0.4, 0.5) is 11.4 Å². The number of aryl methyl sites for hydroxylation is 1. The highest BCUT2D eigenvalue weighted by Gasteiger charge is 2.16. The Morgan fingerprint density at radius 2 is 1.70 bits per heavy atom. The molecule has 1 heterocycles. The first-order chi connectivity index (χ1) is 16.1. The molecule has 0 radical (unpaired) electrons. The Morgan fingerprint density at radius 1 is 0.970 bits per heavy atom. The van der Waals surface area contributed by atoms with Gasteiger partial charge < -0.3 is 10.6 Å². The quantitative estimate of drug-likeness (QED) is 0.297. The summed E-state index contributed by atoms with van der Waals surface area (Å²) in [6.45, 7) is 2.54. The summed E-state index contributed by atoms with van der Waals surface area (Å²) < 4.78 is 1.97. The third-order valence-corrected chi connectivity index (χ3v) is 6.20. The zero-order valence-corrected chi connectivity index (χ0v) is 19.7. The van der Waals surface area contributed by atoms with Crippen molar-refractivity contribution in [2.45, 2.75) is 25.0 Å². The van der Waals surface area contributed by atoms with Crippen LogP contribution >= 0.6 is 23.4 Å². The molecule has 1 amide bonds. The Labute approximate surface area is 202 Å². The number of nitrogens with zero attached hydrogens (tertiary/aromatic N) is 3. The summed E-state index contributed by atoms with van der Waals surface area (Å²) in [6, 6.07) is 25.2. The molecule has 0 saturated heterocycles. The van der Waals surface area contributed by atoms with E-state index in [9.17, 15) is 4.79 Å². The normalized spacial score (nSPS) is 10.7. The average Bonchev–Trinajstić information content (AvgIpc) is 3.26. The minimum absolute atomic E-state index is 0.0793. The second-order valence-electron chi connectivity index (χ2n) is 7.28. The molecule has 8 heteroatoms. The van der Waals surface area contributed by atoms with Gasteiger partial charge in [0, 0.05) is 22.1 Å². The summed E-state index contributed by atoms with van der Waals surface area (Å²) in [7, 11) is 0. The lowest BCUT2D eigenvalue weighted by atomic mass is 10.1. The summed E-state index contributed by atoms with van der Waals surface area (Å²) in [6.07, 6.45) is 0.857. The lowest BCUT2D eigenvalue weighted by Gasteiger charge is -2.12. The van der Waals surface area contributed by atoms with Gasteiger partial charge in [0.25, 0.3) is 0 Å². The number of nitrogens with one attached hydrogen (secondary N) is 2. The minimum Gasteiger partial charge on any atom is -0.378 e. The van der Waals surface area contributed by atoms with E-state index in [0.29, 0.717) is 16.7 Å². The molecule has 0 bridgehead atoms. The minimum atomic E-state index is -0.0793. The van der Waals surface area contributed by atoms with Gasteiger partial charge in [-0.05, 0) is 54.4 Å². The first kappa shape index (κ1) is 22.9. The predicted molar refractivity (Wildman–Crippen MR) is 135 cm³/mol. The third kappa shape index (κ3) is 5.94. The topological polar surface area (TPSA) is 71.8 Å². The fraction of sp³-hybridized carbons (Fsp3) is 0.160. The van der Waals surface area contributed by atoms with Gasteiger partial charge in [-0.1, -0.05) is 66.7 Å². The van der Waals surface area contributed by atoms with Crippen LogP contribution in [0, 0.1) is 0 Å². The fourth-order valence-electron chi connectivity index (χ4n) is 3.36. The van der Waals surface area contributed by atoms with Crippen LogP contribution in [0.3, 0.4) is 0 Å². The number of amides is 1. The number of halogens is 1. The van der Waals surface area contributed by atoms with Crippen molar-refractivity contribution in [3.05, 3.63) is 95.3 Å². The number of carbonyl (C=O) groups excluding carboxylic acids is 1. The molecule has 4 rings (SSSR count). The van der Waals surface area contributed by atoms with E-state index < -0.39 is 0 Å². The summed E-state index contributed by atoms with van der Waals surface area (Å²) in [5.41, 5.74) is 3.83. The van der Waals surface area contributed by atoms with Crippen molar-refractivity contribution in [1.29, 1.82) is 0 Å². The standard InChI is InChI=1S/C25H24ClN5OS/c1-2-18-8-6-7-11-22(18)28-24(32)17-33-25-30-29-23(31(25)21-9-4-3-5-10-21)16-27-20-14-12-19(26)13-15-20/h3-15,27H,2,16-17H2,1H3,(H,28,32). The van der Waals surface area contributed by atoms with Crippen LogP contribution in [0.1, 0.15) is 18.3 Å².